The van der Waals surface area contributed by atoms with Crippen LogP contribution in [0.25, 0.3) is 0 Å². The van der Waals surface area contributed by atoms with Crippen LogP contribution in [0.2, 0.25) is 0 Å². The van der Waals surface area contributed by atoms with Gasteiger partial charge < -0.3 is 10.4 Å². The number of phenols is 1. The summed E-state index contributed by atoms with van der Waals surface area (Å²) >= 11 is 1.45. The summed E-state index contributed by atoms with van der Waals surface area (Å²) in [6.07, 6.45) is 1.87. The molecule has 0 aliphatic rings. The zero-order chi connectivity index (χ0) is 13.1. The summed E-state index contributed by atoms with van der Waals surface area (Å²) < 4.78 is 0. The molecule has 0 heterocycles. The standard InChI is InChI=1S/C13H19NO2S/c1-13(2,3)9-5-6-11(15)10(7-9)14-12(16)8-17-4/h5-7,15H,8H2,1-4H3,(H,14,16). The Morgan fingerprint density at radius 3 is 2.59 bits per heavy atom. The van der Waals surface area contributed by atoms with E-state index in [4.69, 9.17) is 0 Å². The number of rotatable bonds is 3. The Bertz CT molecular complexity index is 410. The lowest BCUT2D eigenvalue weighted by Gasteiger charge is -2.20. The smallest absolute Gasteiger partial charge is 0.234 e. The van der Waals surface area contributed by atoms with Gasteiger partial charge in [-0.3, -0.25) is 4.79 Å². The van der Waals surface area contributed by atoms with E-state index in [9.17, 15) is 9.90 Å². The Morgan fingerprint density at radius 2 is 2.06 bits per heavy atom. The van der Waals surface area contributed by atoms with Crippen molar-refractivity contribution in [3.63, 3.8) is 0 Å². The van der Waals surface area contributed by atoms with Crippen LogP contribution in [0.1, 0.15) is 26.3 Å². The van der Waals surface area contributed by atoms with Crippen LogP contribution < -0.4 is 5.32 Å². The van der Waals surface area contributed by atoms with Crippen LogP contribution in [0, 0.1) is 0 Å². The van der Waals surface area contributed by atoms with E-state index in [1.54, 1.807) is 6.07 Å². The molecule has 3 nitrogen and oxygen atoms in total. The van der Waals surface area contributed by atoms with E-state index in [1.807, 2.05) is 18.4 Å². The molecule has 2 N–H and O–H groups in total. The van der Waals surface area contributed by atoms with Gasteiger partial charge >= 0.3 is 0 Å². The van der Waals surface area contributed by atoms with Gasteiger partial charge in [0.25, 0.3) is 0 Å². The van der Waals surface area contributed by atoms with Crippen LogP contribution >= 0.6 is 11.8 Å². The Hall–Kier alpha value is -1.16. The molecule has 0 aliphatic carbocycles. The van der Waals surface area contributed by atoms with Crippen LogP contribution in [-0.4, -0.2) is 23.0 Å². The van der Waals surface area contributed by atoms with Crippen LogP contribution in [0.4, 0.5) is 5.69 Å². The van der Waals surface area contributed by atoms with Gasteiger partial charge in [-0.25, -0.2) is 0 Å². The van der Waals surface area contributed by atoms with Gasteiger partial charge in [0.15, 0.2) is 0 Å². The average molecular weight is 253 g/mol. The summed E-state index contributed by atoms with van der Waals surface area (Å²) in [5.74, 6) is 0.394. The minimum atomic E-state index is -0.0983. The molecule has 17 heavy (non-hydrogen) atoms. The third-order valence-electron chi connectivity index (χ3n) is 2.41. The molecule has 0 atom stereocenters. The first-order chi connectivity index (χ1) is 7.84. The highest BCUT2D eigenvalue weighted by atomic mass is 32.2. The van der Waals surface area contributed by atoms with E-state index in [1.165, 1.54) is 11.8 Å². The number of aromatic hydroxyl groups is 1. The Balaban J connectivity index is 2.95. The summed E-state index contributed by atoms with van der Waals surface area (Å²) in [6, 6.07) is 5.32. The third-order valence-corrected chi connectivity index (χ3v) is 2.96. The summed E-state index contributed by atoms with van der Waals surface area (Å²) in [7, 11) is 0. The maximum atomic E-state index is 11.5. The first-order valence-corrected chi connectivity index (χ1v) is 6.86. The van der Waals surface area contributed by atoms with Crippen LogP contribution in [-0.2, 0) is 10.2 Å². The Morgan fingerprint density at radius 1 is 1.41 bits per heavy atom. The molecule has 0 aliphatic heterocycles. The quantitative estimate of drug-likeness (QED) is 0.814. The molecule has 1 aromatic carbocycles. The van der Waals surface area contributed by atoms with Crippen molar-refractivity contribution < 1.29 is 9.90 Å². The molecule has 0 aromatic heterocycles. The number of carbonyl (C=O) groups is 1. The van der Waals surface area contributed by atoms with E-state index in [0.717, 1.165) is 5.56 Å². The first-order valence-electron chi connectivity index (χ1n) is 5.47. The predicted molar refractivity (Wildman–Crippen MR) is 73.8 cm³/mol. The van der Waals surface area contributed by atoms with E-state index in [0.29, 0.717) is 11.4 Å². The molecule has 0 spiro atoms. The van der Waals surface area contributed by atoms with Crippen molar-refractivity contribution in [3.8, 4) is 5.75 Å². The second kappa shape index (κ2) is 5.45. The topological polar surface area (TPSA) is 49.3 Å². The van der Waals surface area contributed by atoms with Crippen molar-refractivity contribution in [1.82, 2.24) is 0 Å². The largest absolute Gasteiger partial charge is 0.506 e. The zero-order valence-corrected chi connectivity index (χ0v) is 11.5. The van der Waals surface area contributed by atoms with E-state index in [2.05, 4.69) is 26.1 Å². The fourth-order valence-electron chi connectivity index (χ4n) is 1.42. The van der Waals surface area contributed by atoms with Gasteiger partial charge in [0, 0.05) is 0 Å². The lowest BCUT2D eigenvalue weighted by Crippen LogP contribution is -2.16. The minimum Gasteiger partial charge on any atom is -0.506 e. The number of nitrogens with one attached hydrogen (secondary N) is 1. The molecule has 1 amide bonds. The number of hydrogen-bond donors (Lipinski definition) is 2. The Labute approximate surface area is 107 Å². The lowest BCUT2D eigenvalue weighted by molar-refractivity contribution is -0.113. The van der Waals surface area contributed by atoms with Gasteiger partial charge in [0.05, 0.1) is 11.4 Å². The van der Waals surface area contributed by atoms with E-state index < -0.39 is 0 Å². The van der Waals surface area contributed by atoms with Gasteiger partial charge in [-0.2, -0.15) is 11.8 Å². The van der Waals surface area contributed by atoms with E-state index in [-0.39, 0.29) is 17.1 Å². The number of carbonyl (C=O) groups excluding carboxylic acids is 1. The van der Waals surface area contributed by atoms with Crippen LogP contribution in [0.15, 0.2) is 18.2 Å². The number of phenolic OH excluding ortho intramolecular Hbond substituents is 1. The highest BCUT2D eigenvalue weighted by Gasteiger charge is 2.16. The highest BCUT2D eigenvalue weighted by Crippen LogP contribution is 2.30. The van der Waals surface area contributed by atoms with Gasteiger partial charge in [-0.1, -0.05) is 26.8 Å². The minimum absolute atomic E-state index is 0.00726. The normalized spacial score (nSPS) is 11.3. The first kappa shape index (κ1) is 13.9. The lowest BCUT2D eigenvalue weighted by atomic mass is 9.87. The molecule has 0 bridgehead atoms. The van der Waals surface area contributed by atoms with Gasteiger partial charge in [0.1, 0.15) is 5.75 Å². The monoisotopic (exact) mass is 253 g/mol. The van der Waals surface area contributed by atoms with Crippen molar-refractivity contribution in [2.45, 2.75) is 26.2 Å². The number of benzene rings is 1. The summed E-state index contributed by atoms with van der Waals surface area (Å²) in [5.41, 5.74) is 1.55. The molecular formula is C13H19NO2S. The molecule has 94 valence electrons. The van der Waals surface area contributed by atoms with Crippen molar-refractivity contribution in [2.75, 3.05) is 17.3 Å². The van der Waals surface area contributed by atoms with Crippen molar-refractivity contribution >= 4 is 23.4 Å². The third kappa shape index (κ3) is 3.97. The van der Waals surface area contributed by atoms with Crippen molar-refractivity contribution in [3.05, 3.63) is 23.8 Å². The molecule has 4 heteroatoms. The predicted octanol–water partition coefficient (Wildman–Crippen LogP) is 2.99. The number of anilines is 1. The van der Waals surface area contributed by atoms with Gasteiger partial charge in [-0.05, 0) is 29.4 Å². The summed E-state index contributed by atoms with van der Waals surface area (Å²) in [4.78, 5) is 11.5. The van der Waals surface area contributed by atoms with E-state index >= 15 is 0 Å². The number of thioether (sulfide) groups is 1. The maximum absolute atomic E-state index is 11.5. The maximum Gasteiger partial charge on any atom is 0.234 e. The van der Waals surface area contributed by atoms with Crippen LogP contribution in [0.5, 0.6) is 5.75 Å². The number of amides is 1. The summed E-state index contributed by atoms with van der Waals surface area (Å²) in [5, 5.41) is 12.4. The van der Waals surface area contributed by atoms with Crippen LogP contribution in [0.3, 0.4) is 0 Å². The fraction of sp³-hybridized carbons (Fsp3) is 0.462. The molecule has 0 saturated heterocycles. The second-order valence-corrected chi connectivity index (χ2v) is 5.83. The van der Waals surface area contributed by atoms with Crippen molar-refractivity contribution in [2.24, 2.45) is 0 Å². The highest BCUT2D eigenvalue weighted by molar-refractivity contribution is 7.99. The zero-order valence-electron chi connectivity index (χ0n) is 10.7. The molecule has 0 radical (unpaired) electrons. The number of hydrogen-bond acceptors (Lipinski definition) is 3. The molecule has 1 aromatic rings. The van der Waals surface area contributed by atoms with Gasteiger partial charge in [0.2, 0.25) is 5.91 Å². The summed E-state index contributed by atoms with van der Waals surface area (Å²) in [6.45, 7) is 6.27. The Kier molecular flexibility index (Phi) is 4.46. The molecule has 0 fully saturated rings. The fourth-order valence-corrected chi connectivity index (χ4v) is 1.75. The SMILES string of the molecule is CSCC(=O)Nc1cc(C(C)(C)C)ccc1O. The molecular weight excluding hydrogens is 234 g/mol. The van der Waals surface area contributed by atoms with Crippen molar-refractivity contribution in [1.29, 1.82) is 0 Å². The molecule has 0 saturated carbocycles. The second-order valence-electron chi connectivity index (χ2n) is 4.96. The van der Waals surface area contributed by atoms with Gasteiger partial charge in [-0.15, -0.1) is 0 Å². The molecule has 0 unspecified atom stereocenters. The molecule has 1 rings (SSSR count). The average Bonchev–Trinajstić information content (AvgIpc) is 2.20.